The van der Waals surface area contributed by atoms with Crippen LogP contribution in [0, 0.1) is 0 Å². The van der Waals surface area contributed by atoms with Crippen molar-refractivity contribution in [3.63, 3.8) is 0 Å². The highest BCUT2D eigenvalue weighted by Crippen LogP contribution is 2.40. The molecule has 2 saturated heterocycles. The van der Waals surface area contributed by atoms with Gasteiger partial charge in [0.2, 0.25) is 0 Å². The summed E-state index contributed by atoms with van der Waals surface area (Å²) in [7, 11) is 0. The van der Waals surface area contributed by atoms with Crippen LogP contribution in [0.25, 0.3) is 0 Å². The molecule has 3 rings (SSSR count). The summed E-state index contributed by atoms with van der Waals surface area (Å²) < 4.78 is 0. The van der Waals surface area contributed by atoms with Gasteiger partial charge in [-0.15, -0.1) is 0 Å². The molecule has 0 aromatic rings. The predicted octanol–water partition coefficient (Wildman–Crippen LogP) is 0.887. The first-order valence-electron chi connectivity index (χ1n) is 6.39. The Morgan fingerprint density at radius 1 is 0.867 bits per heavy atom. The molecule has 0 spiro atoms. The van der Waals surface area contributed by atoms with Gasteiger partial charge in [-0.1, -0.05) is 0 Å². The molecule has 2 bridgehead atoms. The topological polar surface area (TPSA) is 43.7 Å². The molecular weight excluding hydrogens is 190 g/mol. The molecule has 3 aliphatic rings. The Kier molecular flexibility index (Phi) is 2.49. The van der Waals surface area contributed by atoms with Gasteiger partial charge in [-0.2, -0.15) is 0 Å². The number of piperidine rings is 1. The highest BCUT2D eigenvalue weighted by Gasteiger charge is 2.46. The van der Waals surface area contributed by atoms with Crippen molar-refractivity contribution in [1.82, 2.24) is 4.90 Å². The van der Waals surface area contributed by atoms with E-state index in [4.69, 9.17) is 0 Å². The Hall–Kier alpha value is -0.120. The fraction of sp³-hybridized carbons (Fsp3) is 1.00. The molecule has 0 amide bonds. The number of hydrogen-bond acceptors (Lipinski definition) is 3. The molecule has 15 heavy (non-hydrogen) atoms. The molecular formula is C12H21NO2. The maximum Gasteiger partial charge on any atom is 0.0695 e. The minimum absolute atomic E-state index is 0.0858. The van der Waals surface area contributed by atoms with E-state index in [0.29, 0.717) is 18.1 Å². The van der Waals surface area contributed by atoms with Crippen LogP contribution in [0.3, 0.4) is 0 Å². The van der Waals surface area contributed by atoms with Crippen molar-refractivity contribution < 1.29 is 10.2 Å². The zero-order valence-electron chi connectivity index (χ0n) is 9.18. The molecule has 0 aromatic carbocycles. The molecule has 3 heteroatoms. The van der Waals surface area contributed by atoms with Crippen LogP contribution in [0.4, 0.5) is 0 Å². The fourth-order valence-electron chi connectivity index (χ4n) is 3.99. The van der Waals surface area contributed by atoms with Crippen molar-refractivity contribution in [3.8, 4) is 0 Å². The first kappa shape index (κ1) is 10.1. The van der Waals surface area contributed by atoms with Gasteiger partial charge < -0.3 is 10.2 Å². The Morgan fingerprint density at radius 3 is 2.07 bits per heavy atom. The minimum atomic E-state index is -0.108. The molecule has 2 unspecified atom stereocenters. The monoisotopic (exact) mass is 211 g/mol. The Balaban J connectivity index is 1.76. The number of hydrogen-bond donors (Lipinski definition) is 2. The average molecular weight is 211 g/mol. The second-order valence-electron chi connectivity index (χ2n) is 5.52. The highest BCUT2D eigenvalue weighted by molar-refractivity contribution is 5.01. The van der Waals surface area contributed by atoms with Gasteiger partial charge in [0.15, 0.2) is 0 Å². The number of rotatable bonds is 1. The van der Waals surface area contributed by atoms with Crippen molar-refractivity contribution in [1.29, 1.82) is 0 Å². The van der Waals surface area contributed by atoms with Crippen molar-refractivity contribution in [2.45, 2.75) is 75.3 Å². The second kappa shape index (κ2) is 3.72. The summed E-state index contributed by atoms with van der Waals surface area (Å²) in [5.74, 6) is 0. The van der Waals surface area contributed by atoms with Crippen LogP contribution in [0.2, 0.25) is 0 Å². The molecule has 3 nitrogen and oxygen atoms in total. The summed E-state index contributed by atoms with van der Waals surface area (Å²) in [6, 6.07) is 1.50. The standard InChI is InChI=1S/C12H21NO2/c14-10-6-8-4-5-9(7-10)13(8)11-2-1-3-12(11)15/h8-12,14-15H,1-7H2/t8?,9?,10?,11-,12-/m0/s1. The van der Waals surface area contributed by atoms with Gasteiger partial charge in [0, 0.05) is 18.1 Å². The van der Waals surface area contributed by atoms with Crippen LogP contribution in [0.1, 0.15) is 44.9 Å². The molecule has 2 heterocycles. The van der Waals surface area contributed by atoms with Crippen LogP contribution in [-0.4, -0.2) is 45.4 Å². The quantitative estimate of drug-likeness (QED) is 0.677. The molecule has 2 N–H and O–H groups in total. The Morgan fingerprint density at radius 2 is 1.53 bits per heavy atom. The average Bonchev–Trinajstić information content (AvgIpc) is 2.69. The Labute approximate surface area is 91.1 Å². The van der Waals surface area contributed by atoms with E-state index >= 15 is 0 Å². The third kappa shape index (κ3) is 1.61. The van der Waals surface area contributed by atoms with E-state index < -0.39 is 0 Å². The van der Waals surface area contributed by atoms with Gasteiger partial charge in [-0.25, -0.2) is 0 Å². The van der Waals surface area contributed by atoms with Crippen LogP contribution in [-0.2, 0) is 0 Å². The van der Waals surface area contributed by atoms with E-state index in [-0.39, 0.29) is 12.2 Å². The summed E-state index contributed by atoms with van der Waals surface area (Å²) >= 11 is 0. The summed E-state index contributed by atoms with van der Waals surface area (Å²) in [4.78, 5) is 2.55. The first-order chi connectivity index (χ1) is 7.25. The maximum atomic E-state index is 9.97. The number of aliphatic hydroxyl groups is 2. The second-order valence-corrected chi connectivity index (χ2v) is 5.52. The lowest BCUT2D eigenvalue weighted by Gasteiger charge is -2.42. The van der Waals surface area contributed by atoms with E-state index in [0.717, 1.165) is 25.7 Å². The van der Waals surface area contributed by atoms with Gasteiger partial charge in [-0.05, 0) is 44.9 Å². The van der Waals surface area contributed by atoms with Crippen LogP contribution >= 0.6 is 0 Å². The lowest BCUT2D eigenvalue weighted by Crippen LogP contribution is -2.52. The normalized spacial score (nSPS) is 51.2. The predicted molar refractivity (Wildman–Crippen MR) is 57.5 cm³/mol. The summed E-state index contributed by atoms with van der Waals surface area (Å²) in [5, 5.41) is 19.7. The Bertz CT molecular complexity index is 232. The molecule has 2 aliphatic heterocycles. The molecule has 0 radical (unpaired) electrons. The van der Waals surface area contributed by atoms with Gasteiger partial charge in [0.1, 0.15) is 0 Å². The van der Waals surface area contributed by atoms with Crippen molar-refractivity contribution in [3.05, 3.63) is 0 Å². The third-order valence-corrected chi connectivity index (χ3v) is 4.59. The van der Waals surface area contributed by atoms with E-state index in [2.05, 4.69) is 4.90 Å². The zero-order chi connectivity index (χ0) is 10.4. The van der Waals surface area contributed by atoms with E-state index in [1.165, 1.54) is 19.3 Å². The maximum absolute atomic E-state index is 9.97. The van der Waals surface area contributed by atoms with Gasteiger partial charge >= 0.3 is 0 Å². The minimum Gasteiger partial charge on any atom is -0.393 e. The molecule has 1 saturated carbocycles. The van der Waals surface area contributed by atoms with Crippen molar-refractivity contribution >= 4 is 0 Å². The largest absolute Gasteiger partial charge is 0.393 e. The first-order valence-corrected chi connectivity index (χ1v) is 6.39. The van der Waals surface area contributed by atoms with E-state index in [9.17, 15) is 10.2 Å². The molecule has 86 valence electrons. The zero-order valence-corrected chi connectivity index (χ0v) is 9.18. The molecule has 3 fully saturated rings. The van der Waals surface area contributed by atoms with Crippen molar-refractivity contribution in [2.24, 2.45) is 0 Å². The smallest absolute Gasteiger partial charge is 0.0695 e. The highest BCUT2D eigenvalue weighted by atomic mass is 16.3. The van der Waals surface area contributed by atoms with E-state index in [1.807, 2.05) is 0 Å². The number of aliphatic hydroxyl groups excluding tert-OH is 2. The summed E-state index contributed by atoms with van der Waals surface area (Å²) in [5.41, 5.74) is 0. The lowest BCUT2D eigenvalue weighted by molar-refractivity contribution is -0.0212. The van der Waals surface area contributed by atoms with Crippen LogP contribution in [0.15, 0.2) is 0 Å². The number of fused-ring (bicyclic) bond motifs is 2. The van der Waals surface area contributed by atoms with Crippen LogP contribution < -0.4 is 0 Å². The number of nitrogens with zero attached hydrogens (tertiary/aromatic N) is 1. The lowest BCUT2D eigenvalue weighted by atomic mass is 9.96. The fourth-order valence-corrected chi connectivity index (χ4v) is 3.99. The molecule has 4 atom stereocenters. The SMILES string of the molecule is OC1CC2CCC(C1)N2[C@H]1CCC[C@@H]1O. The van der Waals surface area contributed by atoms with Gasteiger partial charge in [0.25, 0.3) is 0 Å². The molecule has 1 aliphatic carbocycles. The summed E-state index contributed by atoms with van der Waals surface area (Å²) in [6.07, 6.45) is 7.42. The van der Waals surface area contributed by atoms with Gasteiger partial charge in [0.05, 0.1) is 12.2 Å². The van der Waals surface area contributed by atoms with Gasteiger partial charge in [-0.3, -0.25) is 4.90 Å². The van der Waals surface area contributed by atoms with Crippen molar-refractivity contribution in [2.75, 3.05) is 0 Å². The van der Waals surface area contributed by atoms with Crippen LogP contribution in [0.5, 0.6) is 0 Å². The molecule has 0 aromatic heterocycles. The third-order valence-electron chi connectivity index (χ3n) is 4.59. The van der Waals surface area contributed by atoms with E-state index in [1.54, 1.807) is 0 Å². The summed E-state index contributed by atoms with van der Waals surface area (Å²) in [6.45, 7) is 0.